The molecule has 0 fully saturated rings. The third-order valence-corrected chi connectivity index (χ3v) is 2.92. The third kappa shape index (κ3) is 2.99. The fourth-order valence-corrected chi connectivity index (χ4v) is 1.78. The summed E-state index contributed by atoms with van der Waals surface area (Å²) in [6, 6.07) is 5.26. The van der Waals surface area contributed by atoms with Crippen LogP contribution in [0.3, 0.4) is 0 Å². The van der Waals surface area contributed by atoms with Gasteiger partial charge in [0.2, 0.25) is 0 Å². The second-order valence-electron chi connectivity index (χ2n) is 4.90. The van der Waals surface area contributed by atoms with Crippen molar-refractivity contribution in [3.63, 3.8) is 0 Å². The molecule has 1 aromatic rings. The molecule has 0 bridgehead atoms. The highest BCUT2D eigenvalue weighted by molar-refractivity contribution is 6.21. The number of hydrogen-bond acceptors (Lipinski definition) is 2. The van der Waals surface area contributed by atoms with Crippen LogP contribution in [0.2, 0.25) is 0 Å². The monoisotopic (exact) mass is 240 g/mol. The summed E-state index contributed by atoms with van der Waals surface area (Å²) >= 11 is 6.07. The van der Waals surface area contributed by atoms with Crippen molar-refractivity contribution in [3.05, 3.63) is 29.3 Å². The second kappa shape index (κ2) is 4.88. The van der Waals surface area contributed by atoms with Gasteiger partial charge in [0.1, 0.15) is 12.0 Å². The number of aromatic hydroxyl groups is 1. The Balaban J connectivity index is 3.12. The summed E-state index contributed by atoms with van der Waals surface area (Å²) < 4.78 is 0. The summed E-state index contributed by atoms with van der Waals surface area (Å²) in [6.07, 6.45) is 1.09. The first-order valence-corrected chi connectivity index (χ1v) is 5.71. The lowest BCUT2D eigenvalue weighted by Crippen LogP contribution is -2.12. The fraction of sp³-hybridized carbons (Fsp3) is 0.462. The number of halogens is 1. The van der Waals surface area contributed by atoms with Gasteiger partial charge < -0.3 is 9.90 Å². The van der Waals surface area contributed by atoms with Gasteiger partial charge in [-0.25, -0.2) is 0 Å². The molecule has 1 unspecified atom stereocenters. The van der Waals surface area contributed by atoms with E-state index in [2.05, 4.69) is 0 Å². The van der Waals surface area contributed by atoms with Crippen LogP contribution in [0.5, 0.6) is 5.75 Å². The maximum atomic E-state index is 10.4. The van der Waals surface area contributed by atoms with Crippen molar-refractivity contribution in [2.24, 2.45) is 0 Å². The molecule has 1 aromatic carbocycles. The average Bonchev–Trinajstić information content (AvgIpc) is 2.16. The van der Waals surface area contributed by atoms with E-state index in [4.69, 9.17) is 11.6 Å². The number of hydrogen-bond donors (Lipinski definition) is 1. The van der Waals surface area contributed by atoms with Crippen LogP contribution >= 0.6 is 11.6 Å². The molecule has 0 amide bonds. The van der Waals surface area contributed by atoms with Crippen molar-refractivity contribution < 1.29 is 9.90 Å². The van der Waals surface area contributed by atoms with Crippen LogP contribution in [0.15, 0.2) is 18.2 Å². The predicted molar refractivity (Wildman–Crippen MR) is 66.1 cm³/mol. The Kier molecular flexibility index (Phi) is 3.98. The van der Waals surface area contributed by atoms with Gasteiger partial charge in [0.15, 0.2) is 0 Å². The van der Waals surface area contributed by atoms with Crippen molar-refractivity contribution >= 4 is 17.9 Å². The lowest BCUT2D eigenvalue weighted by Gasteiger charge is -2.22. The number of aldehydes is 1. The SMILES string of the molecule is CC(C)(C)c1cc(C(Cl)CC=O)ccc1O. The number of phenolic OH excluding ortho intramolecular Hbond substituents is 1. The Hall–Kier alpha value is -1.02. The summed E-state index contributed by atoms with van der Waals surface area (Å²) in [6.45, 7) is 6.07. The van der Waals surface area contributed by atoms with Gasteiger partial charge in [-0.1, -0.05) is 32.9 Å². The van der Waals surface area contributed by atoms with E-state index in [1.54, 1.807) is 12.1 Å². The quantitative estimate of drug-likeness (QED) is 0.648. The molecular weight excluding hydrogens is 224 g/mol. The minimum Gasteiger partial charge on any atom is -0.508 e. The highest BCUT2D eigenvalue weighted by Crippen LogP contribution is 2.34. The largest absolute Gasteiger partial charge is 0.508 e. The minimum absolute atomic E-state index is 0.141. The molecule has 0 spiro atoms. The lowest BCUT2D eigenvalue weighted by molar-refractivity contribution is -0.107. The summed E-state index contributed by atoms with van der Waals surface area (Å²) in [4.78, 5) is 10.4. The Labute approximate surface area is 101 Å². The van der Waals surface area contributed by atoms with Gasteiger partial charge in [-0.3, -0.25) is 0 Å². The van der Waals surface area contributed by atoms with Gasteiger partial charge in [0.25, 0.3) is 0 Å². The number of alkyl halides is 1. The molecule has 2 nitrogen and oxygen atoms in total. The molecule has 0 heterocycles. The van der Waals surface area contributed by atoms with Gasteiger partial charge in [0, 0.05) is 6.42 Å². The minimum atomic E-state index is -0.320. The average molecular weight is 241 g/mol. The van der Waals surface area contributed by atoms with E-state index in [1.165, 1.54) is 0 Å². The highest BCUT2D eigenvalue weighted by atomic mass is 35.5. The standard InChI is InChI=1S/C13H17ClO2/c1-13(2,3)10-8-9(4-5-12(10)16)11(14)6-7-15/h4-5,7-8,11,16H,6H2,1-3H3. The molecule has 0 saturated heterocycles. The van der Waals surface area contributed by atoms with E-state index in [-0.39, 0.29) is 23.0 Å². The van der Waals surface area contributed by atoms with Crippen LogP contribution in [0.25, 0.3) is 0 Å². The van der Waals surface area contributed by atoms with Gasteiger partial charge in [0.05, 0.1) is 5.38 Å². The molecule has 0 aliphatic rings. The Morgan fingerprint density at radius 2 is 2.06 bits per heavy atom. The van der Waals surface area contributed by atoms with E-state index < -0.39 is 0 Å². The van der Waals surface area contributed by atoms with Crippen LogP contribution in [-0.2, 0) is 10.2 Å². The first kappa shape index (κ1) is 13.0. The van der Waals surface area contributed by atoms with Crippen molar-refractivity contribution in [3.8, 4) is 5.75 Å². The molecule has 1 atom stereocenters. The zero-order valence-corrected chi connectivity index (χ0v) is 10.6. The number of carbonyl (C=O) groups is 1. The van der Waals surface area contributed by atoms with E-state index in [1.807, 2.05) is 26.8 Å². The maximum Gasteiger partial charge on any atom is 0.121 e. The topological polar surface area (TPSA) is 37.3 Å². The number of rotatable bonds is 3. The Morgan fingerprint density at radius 1 is 1.44 bits per heavy atom. The second-order valence-corrected chi connectivity index (χ2v) is 5.42. The smallest absolute Gasteiger partial charge is 0.121 e. The van der Waals surface area contributed by atoms with Crippen LogP contribution in [0.4, 0.5) is 0 Å². The molecule has 16 heavy (non-hydrogen) atoms. The van der Waals surface area contributed by atoms with Crippen molar-refractivity contribution in [1.29, 1.82) is 0 Å². The molecule has 3 heteroatoms. The number of benzene rings is 1. The van der Waals surface area contributed by atoms with Crippen molar-refractivity contribution in [2.75, 3.05) is 0 Å². The summed E-state index contributed by atoms with van der Waals surface area (Å²) in [7, 11) is 0. The zero-order valence-electron chi connectivity index (χ0n) is 9.83. The van der Waals surface area contributed by atoms with Gasteiger partial charge in [-0.05, 0) is 22.6 Å². The van der Waals surface area contributed by atoms with E-state index in [0.717, 1.165) is 17.4 Å². The predicted octanol–water partition coefficient (Wildman–Crippen LogP) is 3.56. The van der Waals surface area contributed by atoms with E-state index >= 15 is 0 Å². The first-order chi connectivity index (χ1) is 7.36. The zero-order chi connectivity index (χ0) is 12.3. The summed E-state index contributed by atoms with van der Waals surface area (Å²) in [5.41, 5.74) is 1.58. The molecule has 1 N–H and O–H groups in total. The van der Waals surface area contributed by atoms with Gasteiger partial charge >= 0.3 is 0 Å². The van der Waals surface area contributed by atoms with E-state index in [9.17, 15) is 9.90 Å². The number of phenols is 1. The lowest BCUT2D eigenvalue weighted by atomic mass is 9.85. The van der Waals surface area contributed by atoms with Gasteiger partial charge in [-0.15, -0.1) is 11.6 Å². The molecule has 0 radical (unpaired) electrons. The Morgan fingerprint density at radius 3 is 2.56 bits per heavy atom. The van der Waals surface area contributed by atoms with Crippen molar-refractivity contribution in [1.82, 2.24) is 0 Å². The normalized spacial score (nSPS) is 13.5. The molecule has 0 aliphatic heterocycles. The number of carbonyl (C=O) groups excluding carboxylic acids is 1. The molecule has 88 valence electrons. The molecule has 0 aliphatic carbocycles. The van der Waals surface area contributed by atoms with Crippen molar-refractivity contribution in [2.45, 2.75) is 38.0 Å². The van der Waals surface area contributed by atoms with E-state index in [0.29, 0.717) is 0 Å². The van der Waals surface area contributed by atoms with Crippen LogP contribution in [0, 0.1) is 0 Å². The summed E-state index contributed by atoms with van der Waals surface area (Å²) in [5, 5.41) is 9.45. The van der Waals surface area contributed by atoms with Crippen LogP contribution in [0.1, 0.15) is 43.7 Å². The molecule has 0 saturated carbocycles. The molecular formula is C13H17ClO2. The van der Waals surface area contributed by atoms with Crippen LogP contribution < -0.4 is 0 Å². The Bertz CT molecular complexity index is 380. The molecule has 0 aromatic heterocycles. The maximum absolute atomic E-state index is 10.4. The summed E-state index contributed by atoms with van der Waals surface area (Å²) in [5.74, 6) is 0.270. The third-order valence-electron chi connectivity index (χ3n) is 2.49. The highest BCUT2D eigenvalue weighted by Gasteiger charge is 2.19. The van der Waals surface area contributed by atoms with Gasteiger partial charge in [-0.2, -0.15) is 0 Å². The molecule has 1 rings (SSSR count). The fourth-order valence-electron chi connectivity index (χ4n) is 1.57. The van der Waals surface area contributed by atoms with Crippen LogP contribution in [-0.4, -0.2) is 11.4 Å². The first-order valence-electron chi connectivity index (χ1n) is 5.27.